The zero-order valence-electron chi connectivity index (χ0n) is 9.62. The lowest BCUT2D eigenvalue weighted by Gasteiger charge is -2.24. The molecule has 2 unspecified atom stereocenters. The zero-order valence-corrected chi connectivity index (χ0v) is 11.8. The Kier molecular flexibility index (Phi) is 4.41. The van der Waals surface area contributed by atoms with Crippen molar-refractivity contribution in [2.24, 2.45) is 0 Å². The number of benzene rings is 1. The van der Waals surface area contributed by atoms with Gasteiger partial charge in [0.2, 0.25) is 0 Å². The van der Waals surface area contributed by atoms with Crippen LogP contribution in [0.25, 0.3) is 0 Å². The summed E-state index contributed by atoms with van der Waals surface area (Å²) in [6, 6.07) is 9.90. The van der Waals surface area contributed by atoms with Crippen molar-refractivity contribution in [2.75, 3.05) is 0 Å². The van der Waals surface area contributed by atoms with Gasteiger partial charge >= 0.3 is 0 Å². The number of nitrogens with one attached hydrogen (secondary N) is 1. The Balaban J connectivity index is 1.94. The molecule has 0 amide bonds. The minimum Gasteiger partial charge on any atom is -0.307 e. The van der Waals surface area contributed by atoms with Crippen LogP contribution >= 0.6 is 22.6 Å². The van der Waals surface area contributed by atoms with Crippen molar-refractivity contribution in [3.63, 3.8) is 0 Å². The Bertz CT molecular complexity index is 356. The van der Waals surface area contributed by atoms with Gasteiger partial charge in [0.1, 0.15) is 0 Å². The molecule has 0 bridgehead atoms. The van der Waals surface area contributed by atoms with Crippen LogP contribution < -0.4 is 5.32 Å². The predicted octanol–water partition coefficient (Wildman–Crippen LogP) is 4.05. The van der Waals surface area contributed by atoms with Crippen LogP contribution in [0.1, 0.15) is 37.8 Å². The molecular weight excluding hydrogens is 309 g/mol. The van der Waals surface area contributed by atoms with Gasteiger partial charge in [-0.05, 0) is 66.5 Å². The molecule has 1 nitrogen and oxygen atoms in total. The van der Waals surface area contributed by atoms with Gasteiger partial charge in [-0.2, -0.15) is 0 Å². The quantitative estimate of drug-likeness (QED) is 0.652. The summed E-state index contributed by atoms with van der Waals surface area (Å²) >= 11 is 2.35. The van der Waals surface area contributed by atoms with Gasteiger partial charge in [-0.15, -0.1) is 0 Å². The van der Waals surface area contributed by atoms with Crippen LogP contribution in [0, 0.1) is 3.57 Å². The molecule has 1 aromatic rings. The van der Waals surface area contributed by atoms with E-state index in [1.165, 1.54) is 28.4 Å². The number of hydrogen-bond donors (Lipinski definition) is 1. The highest BCUT2D eigenvalue weighted by Gasteiger charge is 2.13. The van der Waals surface area contributed by atoms with Gasteiger partial charge in [-0.1, -0.05) is 24.3 Å². The van der Waals surface area contributed by atoms with E-state index in [0.29, 0.717) is 12.1 Å². The first-order valence-electron chi connectivity index (χ1n) is 5.92. The van der Waals surface area contributed by atoms with Gasteiger partial charge in [-0.3, -0.25) is 0 Å². The van der Waals surface area contributed by atoms with Gasteiger partial charge in [0.05, 0.1) is 0 Å². The Hall–Kier alpha value is -0.350. The van der Waals surface area contributed by atoms with E-state index in [4.69, 9.17) is 0 Å². The molecule has 1 aromatic carbocycles. The molecule has 0 aliphatic heterocycles. The molecule has 0 fully saturated rings. The highest BCUT2D eigenvalue weighted by atomic mass is 127. The Labute approximate surface area is 111 Å². The van der Waals surface area contributed by atoms with Crippen LogP contribution in [0.2, 0.25) is 0 Å². The maximum atomic E-state index is 3.70. The second-order valence-electron chi connectivity index (χ2n) is 4.42. The summed E-state index contributed by atoms with van der Waals surface area (Å²) in [5.41, 5.74) is 1.38. The zero-order chi connectivity index (χ0) is 11.4. The molecule has 0 heterocycles. The average Bonchev–Trinajstić information content (AvgIpc) is 2.31. The monoisotopic (exact) mass is 327 g/mol. The van der Waals surface area contributed by atoms with Crippen molar-refractivity contribution in [3.8, 4) is 0 Å². The summed E-state index contributed by atoms with van der Waals surface area (Å²) in [5.74, 6) is 0. The number of rotatable bonds is 3. The topological polar surface area (TPSA) is 12.0 Å². The third-order valence-corrected chi connectivity index (χ3v) is 3.84. The van der Waals surface area contributed by atoms with Crippen LogP contribution in [0.3, 0.4) is 0 Å². The molecule has 1 aliphatic rings. The smallest absolute Gasteiger partial charge is 0.0294 e. The molecule has 1 N–H and O–H groups in total. The minimum absolute atomic E-state index is 0.452. The van der Waals surface area contributed by atoms with Crippen LogP contribution in [-0.2, 0) is 0 Å². The minimum atomic E-state index is 0.452. The average molecular weight is 327 g/mol. The Morgan fingerprint density at radius 2 is 2.00 bits per heavy atom. The number of halogens is 1. The first-order chi connectivity index (χ1) is 7.75. The molecular formula is C14H18IN. The van der Waals surface area contributed by atoms with E-state index in [9.17, 15) is 0 Å². The lowest BCUT2D eigenvalue weighted by Crippen LogP contribution is -2.32. The summed E-state index contributed by atoms with van der Waals surface area (Å²) in [6.07, 6.45) is 8.24. The third kappa shape index (κ3) is 3.32. The molecule has 0 radical (unpaired) electrons. The van der Waals surface area contributed by atoms with E-state index in [-0.39, 0.29) is 0 Å². The summed E-state index contributed by atoms with van der Waals surface area (Å²) in [4.78, 5) is 0. The maximum absolute atomic E-state index is 3.70. The summed E-state index contributed by atoms with van der Waals surface area (Å²) < 4.78 is 1.30. The first-order valence-corrected chi connectivity index (χ1v) is 7.00. The van der Waals surface area contributed by atoms with Crippen LogP contribution in [0.15, 0.2) is 36.4 Å². The van der Waals surface area contributed by atoms with E-state index in [1.807, 2.05) is 0 Å². The molecule has 2 heteroatoms. The maximum Gasteiger partial charge on any atom is 0.0294 e. The van der Waals surface area contributed by atoms with Crippen LogP contribution in [0.5, 0.6) is 0 Å². The van der Waals surface area contributed by atoms with Crippen molar-refractivity contribution in [1.29, 1.82) is 0 Å². The summed E-state index contributed by atoms with van der Waals surface area (Å²) in [5, 5.41) is 3.70. The highest BCUT2D eigenvalue weighted by molar-refractivity contribution is 14.1. The van der Waals surface area contributed by atoms with Gasteiger partial charge in [-0.25, -0.2) is 0 Å². The Morgan fingerprint density at radius 3 is 2.62 bits per heavy atom. The molecule has 2 atom stereocenters. The third-order valence-electron chi connectivity index (χ3n) is 3.12. The van der Waals surface area contributed by atoms with Gasteiger partial charge in [0.15, 0.2) is 0 Å². The summed E-state index contributed by atoms with van der Waals surface area (Å²) in [6.45, 7) is 2.25. The van der Waals surface area contributed by atoms with E-state index >= 15 is 0 Å². The number of allylic oxidation sites excluding steroid dienone is 1. The van der Waals surface area contributed by atoms with E-state index in [2.05, 4.69) is 71.2 Å². The van der Waals surface area contributed by atoms with Crippen LogP contribution in [-0.4, -0.2) is 6.04 Å². The van der Waals surface area contributed by atoms with Crippen molar-refractivity contribution in [3.05, 3.63) is 45.6 Å². The molecule has 86 valence electrons. The van der Waals surface area contributed by atoms with E-state index in [1.54, 1.807) is 0 Å². The van der Waals surface area contributed by atoms with Gasteiger partial charge in [0, 0.05) is 15.7 Å². The predicted molar refractivity (Wildman–Crippen MR) is 77.5 cm³/mol. The fourth-order valence-electron chi connectivity index (χ4n) is 2.15. The van der Waals surface area contributed by atoms with Gasteiger partial charge < -0.3 is 5.32 Å². The fraction of sp³-hybridized carbons (Fsp3) is 0.429. The largest absolute Gasteiger partial charge is 0.307 e. The lowest BCUT2D eigenvalue weighted by atomic mass is 9.99. The van der Waals surface area contributed by atoms with E-state index in [0.717, 1.165) is 0 Å². The van der Waals surface area contributed by atoms with Crippen LogP contribution in [0.4, 0.5) is 0 Å². The van der Waals surface area contributed by atoms with Gasteiger partial charge in [0.25, 0.3) is 0 Å². The molecule has 2 rings (SSSR count). The first kappa shape index (κ1) is 12.1. The fourth-order valence-corrected chi connectivity index (χ4v) is 2.51. The van der Waals surface area contributed by atoms with Crippen molar-refractivity contribution < 1.29 is 0 Å². The normalized spacial score (nSPS) is 22.0. The highest BCUT2D eigenvalue weighted by Crippen LogP contribution is 2.18. The van der Waals surface area contributed by atoms with Crippen molar-refractivity contribution in [2.45, 2.75) is 38.3 Å². The number of hydrogen-bond acceptors (Lipinski definition) is 1. The standard InChI is InChI=1S/C14H18IN/c1-11(12-7-9-13(15)10-8-12)16-14-5-3-2-4-6-14/h2-3,7-11,14,16H,4-6H2,1H3. The second-order valence-corrected chi connectivity index (χ2v) is 5.67. The molecule has 0 saturated heterocycles. The molecule has 0 aromatic heterocycles. The second kappa shape index (κ2) is 5.82. The molecule has 16 heavy (non-hydrogen) atoms. The summed E-state index contributed by atoms with van der Waals surface area (Å²) in [7, 11) is 0. The van der Waals surface area contributed by atoms with Crippen molar-refractivity contribution >= 4 is 22.6 Å². The van der Waals surface area contributed by atoms with Crippen molar-refractivity contribution in [1.82, 2.24) is 5.32 Å². The lowest BCUT2D eigenvalue weighted by molar-refractivity contribution is 0.426. The van der Waals surface area contributed by atoms with E-state index < -0.39 is 0 Å². The molecule has 0 spiro atoms. The molecule has 1 aliphatic carbocycles. The Morgan fingerprint density at radius 1 is 1.25 bits per heavy atom. The SMILES string of the molecule is CC(NC1CC=CCC1)c1ccc(I)cc1. The molecule has 0 saturated carbocycles.